The number of aliphatic imine (C=N–C) groups is 1. The highest BCUT2D eigenvalue weighted by molar-refractivity contribution is 5.80. The first-order valence-corrected chi connectivity index (χ1v) is 6.40. The first-order chi connectivity index (χ1) is 8.70. The first kappa shape index (κ1) is 11.5. The quantitative estimate of drug-likeness (QED) is 0.835. The molecule has 0 aromatic heterocycles. The van der Waals surface area contributed by atoms with Crippen LogP contribution in [0.2, 0.25) is 0 Å². The van der Waals surface area contributed by atoms with Gasteiger partial charge in [0.15, 0.2) is 5.90 Å². The van der Waals surface area contributed by atoms with Gasteiger partial charge in [-0.25, -0.2) is 4.99 Å². The Morgan fingerprint density at radius 2 is 2.22 bits per heavy atom. The summed E-state index contributed by atoms with van der Waals surface area (Å²) in [4.78, 5) is 4.57. The smallest absolute Gasteiger partial charge is 0.188 e. The Morgan fingerprint density at radius 1 is 1.33 bits per heavy atom. The number of phenolic OH excluding ortho intramolecular Hbond substituents is 1. The summed E-state index contributed by atoms with van der Waals surface area (Å²) >= 11 is 0. The molecule has 2 N–H and O–H groups in total. The number of rotatable bonds is 2. The van der Waals surface area contributed by atoms with Crippen LogP contribution in [0.25, 0.3) is 0 Å². The molecule has 1 aromatic carbocycles. The van der Waals surface area contributed by atoms with Crippen molar-refractivity contribution in [1.82, 2.24) is 0 Å². The van der Waals surface area contributed by atoms with Crippen molar-refractivity contribution in [3.63, 3.8) is 0 Å². The Morgan fingerprint density at radius 3 is 3.06 bits per heavy atom. The fourth-order valence-electron chi connectivity index (χ4n) is 2.68. The monoisotopic (exact) mass is 247 g/mol. The highest BCUT2D eigenvalue weighted by Gasteiger charge is 2.36. The van der Waals surface area contributed by atoms with Gasteiger partial charge in [0.2, 0.25) is 0 Å². The Bertz CT molecular complexity index is 472. The van der Waals surface area contributed by atoms with E-state index in [0.717, 1.165) is 24.3 Å². The lowest BCUT2D eigenvalue weighted by molar-refractivity contribution is 0.0497. The van der Waals surface area contributed by atoms with Gasteiger partial charge in [0.25, 0.3) is 0 Å². The first-order valence-electron chi connectivity index (χ1n) is 6.40. The molecule has 0 bridgehead atoms. The molecule has 1 fully saturated rings. The Labute approximate surface area is 106 Å². The third-order valence-corrected chi connectivity index (χ3v) is 3.59. The van der Waals surface area contributed by atoms with Crippen molar-refractivity contribution in [2.24, 2.45) is 4.99 Å². The lowest BCUT2D eigenvalue weighted by Crippen LogP contribution is -2.33. The third kappa shape index (κ3) is 2.34. The van der Waals surface area contributed by atoms with Crippen molar-refractivity contribution >= 4 is 5.90 Å². The molecule has 1 aromatic rings. The molecule has 96 valence electrons. The number of aliphatic hydroxyl groups excluding tert-OH is 1. The van der Waals surface area contributed by atoms with Gasteiger partial charge in [-0.1, -0.05) is 12.1 Å². The van der Waals surface area contributed by atoms with Crippen molar-refractivity contribution in [1.29, 1.82) is 0 Å². The van der Waals surface area contributed by atoms with E-state index in [4.69, 9.17) is 4.74 Å². The highest BCUT2D eigenvalue weighted by Crippen LogP contribution is 2.29. The molecule has 0 amide bonds. The number of phenols is 1. The van der Waals surface area contributed by atoms with Crippen LogP contribution in [0.3, 0.4) is 0 Å². The zero-order valence-electron chi connectivity index (χ0n) is 10.1. The van der Waals surface area contributed by atoms with Gasteiger partial charge >= 0.3 is 0 Å². The maximum Gasteiger partial charge on any atom is 0.188 e. The molecule has 1 aliphatic heterocycles. The zero-order valence-corrected chi connectivity index (χ0v) is 10.1. The molecule has 0 saturated heterocycles. The second-order valence-electron chi connectivity index (χ2n) is 5.06. The van der Waals surface area contributed by atoms with Crippen molar-refractivity contribution in [2.75, 3.05) is 0 Å². The average Bonchev–Trinajstić information content (AvgIpc) is 2.70. The van der Waals surface area contributed by atoms with E-state index >= 15 is 0 Å². The van der Waals surface area contributed by atoms with Gasteiger partial charge in [-0.05, 0) is 30.5 Å². The largest absolute Gasteiger partial charge is 0.508 e. The van der Waals surface area contributed by atoms with Gasteiger partial charge in [0.05, 0.1) is 12.1 Å². The Balaban J connectivity index is 1.68. The summed E-state index contributed by atoms with van der Waals surface area (Å²) in [6, 6.07) is 7.35. The summed E-state index contributed by atoms with van der Waals surface area (Å²) in [7, 11) is 0. The fourth-order valence-corrected chi connectivity index (χ4v) is 2.68. The van der Waals surface area contributed by atoms with Crippen LogP contribution in [0.1, 0.15) is 24.8 Å². The molecule has 0 spiro atoms. The van der Waals surface area contributed by atoms with Gasteiger partial charge in [-0.2, -0.15) is 0 Å². The normalized spacial score (nSPS) is 30.5. The second-order valence-corrected chi connectivity index (χ2v) is 5.06. The standard InChI is InChI=1S/C14H17NO3/c16-10-3-1-2-9(6-10)7-14-15-12-5-4-11(17)8-13(12)18-14/h1-3,6,11-13,16-17H,4-5,7-8H2. The lowest BCUT2D eigenvalue weighted by Gasteiger charge is -2.26. The maximum absolute atomic E-state index is 9.60. The van der Waals surface area contributed by atoms with E-state index < -0.39 is 0 Å². The molecule has 4 nitrogen and oxygen atoms in total. The molecule has 18 heavy (non-hydrogen) atoms. The van der Waals surface area contributed by atoms with Crippen molar-refractivity contribution in [2.45, 2.75) is 43.9 Å². The van der Waals surface area contributed by atoms with Crippen molar-refractivity contribution < 1.29 is 14.9 Å². The number of ether oxygens (including phenoxy) is 1. The number of hydrogen-bond donors (Lipinski definition) is 2. The van der Waals surface area contributed by atoms with Crippen LogP contribution in [0, 0.1) is 0 Å². The maximum atomic E-state index is 9.60. The summed E-state index contributed by atoms with van der Waals surface area (Å²) in [5, 5.41) is 19.0. The second kappa shape index (κ2) is 4.61. The van der Waals surface area contributed by atoms with Crippen LogP contribution in [-0.2, 0) is 11.2 Å². The van der Waals surface area contributed by atoms with Crippen LogP contribution < -0.4 is 0 Å². The molecular weight excluding hydrogens is 230 g/mol. The SMILES string of the molecule is Oc1cccc(CC2=NC3CCC(O)CC3O2)c1. The molecule has 0 radical (unpaired) electrons. The molecule has 4 heteroatoms. The zero-order chi connectivity index (χ0) is 12.5. The predicted molar refractivity (Wildman–Crippen MR) is 67.8 cm³/mol. The minimum absolute atomic E-state index is 0.0426. The third-order valence-electron chi connectivity index (χ3n) is 3.59. The van der Waals surface area contributed by atoms with Crippen LogP contribution in [0.4, 0.5) is 0 Å². The number of nitrogens with zero attached hydrogens (tertiary/aromatic N) is 1. The summed E-state index contributed by atoms with van der Waals surface area (Å²) in [5.74, 6) is 0.989. The van der Waals surface area contributed by atoms with Crippen LogP contribution in [0.5, 0.6) is 5.75 Å². The molecule has 2 aliphatic rings. The molecule has 3 atom stereocenters. The fraction of sp³-hybridized carbons (Fsp3) is 0.500. The van der Waals surface area contributed by atoms with Gasteiger partial charge in [0.1, 0.15) is 11.9 Å². The molecule has 1 aliphatic carbocycles. The minimum atomic E-state index is -0.249. The molecule has 3 rings (SSSR count). The van der Waals surface area contributed by atoms with Crippen molar-refractivity contribution in [3.8, 4) is 5.75 Å². The number of hydrogen-bond acceptors (Lipinski definition) is 4. The number of benzene rings is 1. The van der Waals surface area contributed by atoms with E-state index in [2.05, 4.69) is 4.99 Å². The average molecular weight is 247 g/mol. The molecular formula is C14H17NO3. The number of aromatic hydroxyl groups is 1. The van der Waals surface area contributed by atoms with E-state index in [1.54, 1.807) is 12.1 Å². The topological polar surface area (TPSA) is 62.1 Å². The van der Waals surface area contributed by atoms with Gasteiger partial charge in [0, 0.05) is 12.8 Å². The summed E-state index contributed by atoms with van der Waals surface area (Å²) in [6.45, 7) is 0. The van der Waals surface area contributed by atoms with Crippen LogP contribution >= 0.6 is 0 Å². The Kier molecular flexibility index (Phi) is 2.96. The van der Waals surface area contributed by atoms with Crippen LogP contribution in [-0.4, -0.2) is 34.4 Å². The number of aliphatic hydroxyl groups is 1. The number of fused-ring (bicyclic) bond motifs is 1. The van der Waals surface area contributed by atoms with Gasteiger partial charge < -0.3 is 14.9 Å². The van der Waals surface area contributed by atoms with E-state index in [-0.39, 0.29) is 24.0 Å². The molecule has 1 heterocycles. The summed E-state index contributed by atoms with van der Waals surface area (Å²) < 4.78 is 5.79. The van der Waals surface area contributed by atoms with Crippen molar-refractivity contribution in [3.05, 3.63) is 29.8 Å². The van der Waals surface area contributed by atoms with E-state index in [1.807, 2.05) is 12.1 Å². The molecule has 1 saturated carbocycles. The summed E-state index contributed by atoms with van der Waals surface area (Å²) in [6.07, 6.45) is 2.79. The van der Waals surface area contributed by atoms with Crippen LogP contribution in [0.15, 0.2) is 29.3 Å². The minimum Gasteiger partial charge on any atom is -0.508 e. The highest BCUT2D eigenvalue weighted by atomic mass is 16.5. The van der Waals surface area contributed by atoms with E-state index in [1.165, 1.54) is 0 Å². The van der Waals surface area contributed by atoms with E-state index in [0.29, 0.717) is 12.8 Å². The lowest BCUT2D eigenvalue weighted by atomic mass is 9.91. The molecule has 3 unspecified atom stereocenters. The van der Waals surface area contributed by atoms with Gasteiger partial charge in [-0.15, -0.1) is 0 Å². The Hall–Kier alpha value is -1.55. The summed E-state index contributed by atoms with van der Waals surface area (Å²) in [5.41, 5.74) is 0.993. The van der Waals surface area contributed by atoms with Gasteiger partial charge in [-0.3, -0.25) is 0 Å². The van der Waals surface area contributed by atoms with E-state index in [9.17, 15) is 10.2 Å². The predicted octanol–water partition coefficient (Wildman–Crippen LogP) is 1.65.